The van der Waals surface area contributed by atoms with E-state index in [1.54, 1.807) is 0 Å². The maximum Gasteiger partial charge on any atom is 0.333 e. The zero-order chi connectivity index (χ0) is 10.3. The van der Waals surface area contributed by atoms with Crippen molar-refractivity contribution in [3.8, 4) is 0 Å². The molecule has 2 aromatic rings. The maximum atomic E-state index is 10.5. The Labute approximate surface area is 77.3 Å². The largest absolute Gasteiger partial charge is 0.384 e. The fraction of sp³-hybridized carbons (Fsp3) is 0. The molecule has 0 bridgehead atoms. The fourth-order valence-electron chi connectivity index (χ4n) is 1.12. The monoisotopic (exact) mass is 194 g/mol. The van der Waals surface area contributed by atoms with Crippen LogP contribution in [0.5, 0.6) is 0 Å². The Morgan fingerprint density at radius 3 is 2.86 bits per heavy atom. The summed E-state index contributed by atoms with van der Waals surface area (Å²) in [6, 6.07) is 1.38. The number of hydrogen-bond acceptors (Lipinski definition) is 6. The molecule has 0 saturated carbocycles. The second-order valence-electron chi connectivity index (χ2n) is 2.63. The third kappa shape index (κ3) is 1.01. The van der Waals surface area contributed by atoms with Crippen LogP contribution in [0.25, 0.3) is 5.65 Å². The highest BCUT2D eigenvalue weighted by molar-refractivity contribution is 5.64. The molecule has 0 amide bonds. The molecule has 0 aliphatic heterocycles. The molecule has 0 unspecified atom stereocenters. The quantitative estimate of drug-likeness (QED) is 0.478. The van der Waals surface area contributed by atoms with Crippen molar-refractivity contribution in [3.63, 3.8) is 0 Å². The first kappa shape index (κ1) is 8.23. The van der Waals surface area contributed by atoms with Gasteiger partial charge in [-0.05, 0) is 0 Å². The van der Waals surface area contributed by atoms with Crippen molar-refractivity contribution in [1.29, 1.82) is 0 Å². The highest BCUT2D eigenvalue weighted by atomic mass is 16.6. The van der Waals surface area contributed by atoms with Crippen molar-refractivity contribution in [2.24, 2.45) is 0 Å². The molecule has 0 fully saturated rings. The lowest BCUT2D eigenvalue weighted by Crippen LogP contribution is -2.03. The predicted octanol–water partition coefficient (Wildman–Crippen LogP) is -0.198. The molecule has 8 heteroatoms. The summed E-state index contributed by atoms with van der Waals surface area (Å²) in [5.41, 5.74) is 10.8. The average Bonchev–Trinajstić information content (AvgIpc) is 2.47. The van der Waals surface area contributed by atoms with Gasteiger partial charge in [-0.15, -0.1) is 0 Å². The van der Waals surface area contributed by atoms with Crippen LogP contribution in [0, 0.1) is 10.1 Å². The van der Waals surface area contributed by atoms with E-state index in [1.807, 2.05) is 0 Å². The van der Waals surface area contributed by atoms with Gasteiger partial charge >= 0.3 is 5.69 Å². The molecule has 4 N–H and O–H groups in total. The Bertz CT molecular complexity index is 518. The molecule has 14 heavy (non-hydrogen) atoms. The number of nitrogen functional groups attached to an aromatic ring is 2. The number of nitrogens with zero attached hydrogens (tertiary/aromatic N) is 4. The Morgan fingerprint density at radius 1 is 1.50 bits per heavy atom. The number of anilines is 2. The summed E-state index contributed by atoms with van der Waals surface area (Å²) < 4.78 is 1.16. The topological polar surface area (TPSA) is 125 Å². The molecule has 0 spiro atoms. The number of nitro groups is 1. The molecule has 2 rings (SSSR count). The lowest BCUT2D eigenvalue weighted by molar-refractivity contribution is -0.383. The second-order valence-corrected chi connectivity index (χ2v) is 2.63. The summed E-state index contributed by atoms with van der Waals surface area (Å²) >= 11 is 0. The number of aromatic nitrogens is 3. The average molecular weight is 194 g/mol. The van der Waals surface area contributed by atoms with Crippen LogP contribution in [0.3, 0.4) is 0 Å². The summed E-state index contributed by atoms with van der Waals surface area (Å²) in [6.45, 7) is 0. The van der Waals surface area contributed by atoms with Crippen molar-refractivity contribution >= 4 is 23.0 Å². The first-order chi connectivity index (χ1) is 6.59. The lowest BCUT2D eigenvalue weighted by Gasteiger charge is -1.98. The van der Waals surface area contributed by atoms with Crippen LogP contribution < -0.4 is 11.5 Å². The van der Waals surface area contributed by atoms with Gasteiger partial charge in [-0.1, -0.05) is 0 Å². The van der Waals surface area contributed by atoms with E-state index in [4.69, 9.17) is 11.5 Å². The lowest BCUT2D eigenvalue weighted by atomic mass is 10.5. The minimum Gasteiger partial charge on any atom is -0.384 e. The van der Waals surface area contributed by atoms with Crippen LogP contribution in [0.1, 0.15) is 0 Å². The van der Waals surface area contributed by atoms with Crippen LogP contribution in [0.2, 0.25) is 0 Å². The molecule has 8 nitrogen and oxygen atoms in total. The zero-order valence-electron chi connectivity index (χ0n) is 6.91. The van der Waals surface area contributed by atoms with E-state index >= 15 is 0 Å². The van der Waals surface area contributed by atoms with Gasteiger partial charge in [0.25, 0.3) is 0 Å². The fourth-order valence-corrected chi connectivity index (χ4v) is 1.12. The van der Waals surface area contributed by atoms with Gasteiger partial charge in [0.1, 0.15) is 17.8 Å². The maximum absolute atomic E-state index is 10.5. The highest BCUT2D eigenvalue weighted by Crippen LogP contribution is 2.20. The van der Waals surface area contributed by atoms with Gasteiger partial charge < -0.3 is 11.5 Å². The predicted molar refractivity (Wildman–Crippen MR) is 48.5 cm³/mol. The van der Waals surface area contributed by atoms with Crippen molar-refractivity contribution in [3.05, 3.63) is 22.4 Å². The second kappa shape index (κ2) is 2.55. The normalized spacial score (nSPS) is 10.6. The van der Waals surface area contributed by atoms with Gasteiger partial charge in [-0.3, -0.25) is 10.1 Å². The number of fused-ring (bicyclic) bond motifs is 1. The van der Waals surface area contributed by atoms with Gasteiger partial charge in [0.2, 0.25) is 5.65 Å². The van der Waals surface area contributed by atoms with E-state index in [0.717, 1.165) is 10.7 Å². The molecule has 0 aliphatic carbocycles. The van der Waals surface area contributed by atoms with Crippen molar-refractivity contribution in [1.82, 2.24) is 14.6 Å². The van der Waals surface area contributed by atoms with E-state index in [-0.39, 0.29) is 23.0 Å². The van der Waals surface area contributed by atoms with E-state index in [9.17, 15) is 10.1 Å². The Kier molecular flexibility index (Phi) is 1.50. The van der Waals surface area contributed by atoms with Crippen LogP contribution in [-0.2, 0) is 0 Å². The molecule has 0 atom stereocenters. The number of hydrogen-bond donors (Lipinski definition) is 2. The SMILES string of the molecule is Nc1cc(N)n2ncc([N+](=O)[O-])c2n1. The van der Waals surface area contributed by atoms with Gasteiger partial charge in [0, 0.05) is 6.07 Å². The minimum atomic E-state index is -0.589. The third-order valence-electron chi connectivity index (χ3n) is 1.70. The van der Waals surface area contributed by atoms with Gasteiger partial charge in [0.05, 0.1) is 4.92 Å². The van der Waals surface area contributed by atoms with Gasteiger partial charge in [-0.25, -0.2) is 4.98 Å². The molecule has 0 saturated heterocycles. The molecule has 0 aromatic carbocycles. The van der Waals surface area contributed by atoms with Crippen molar-refractivity contribution in [2.45, 2.75) is 0 Å². The van der Waals surface area contributed by atoms with E-state index in [0.29, 0.717) is 0 Å². The zero-order valence-corrected chi connectivity index (χ0v) is 6.91. The van der Waals surface area contributed by atoms with Crippen molar-refractivity contribution in [2.75, 3.05) is 11.5 Å². The number of nitrogens with two attached hydrogens (primary N) is 2. The first-order valence-electron chi connectivity index (χ1n) is 3.63. The third-order valence-corrected chi connectivity index (χ3v) is 1.70. The number of rotatable bonds is 1. The summed E-state index contributed by atoms with van der Waals surface area (Å²) in [7, 11) is 0. The van der Waals surface area contributed by atoms with Crippen molar-refractivity contribution < 1.29 is 4.92 Å². The first-order valence-corrected chi connectivity index (χ1v) is 3.63. The summed E-state index contributed by atoms with van der Waals surface area (Å²) in [4.78, 5) is 13.7. The molecular weight excluding hydrogens is 188 g/mol. The molecule has 2 heterocycles. The molecule has 0 radical (unpaired) electrons. The van der Waals surface area contributed by atoms with Crippen LogP contribution in [-0.4, -0.2) is 19.5 Å². The minimum absolute atomic E-state index is 0.0486. The molecule has 0 aliphatic rings. The molecule has 72 valence electrons. The van der Waals surface area contributed by atoms with Gasteiger partial charge in [-0.2, -0.15) is 9.61 Å². The summed E-state index contributed by atoms with van der Waals surface area (Å²) in [5.74, 6) is 0.333. The Hall–Kier alpha value is -2.38. The molecular formula is C6H6N6O2. The van der Waals surface area contributed by atoms with E-state index < -0.39 is 4.92 Å². The van der Waals surface area contributed by atoms with E-state index in [1.165, 1.54) is 6.07 Å². The van der Waals surface area contributed by atoms with Crippen LogP contribution in [0.15, 0.2) is 12.3 Å². The molecule has 2 aromatic heterocycles. The van der Waals surface area contributed by atoms with E-state index in [2.05, 4.69) is 10.1 Å². The smallest absolute Gasteiger partial charge is 0.333 e. The standard InChI is InChI=1S/C6H6N6O2/c7-4-1-5(8)11-6(10-4)3(2-9-11)12(13)14/h1-2H,8H2,(H2,7,10). The summed E-state index contributed by atoms with van der Waals surface area (Å²) in [6.07, 6.45) is 1.08. The summed E-state index contributed by atoms with van der Waals surface area (Å²) in [5, 5.41) is 14.2. The Balaban J connectivity index is 2.85. The van der Waals surface area contributed by atoms with Crippen LogP contribution >= 0.6 is 0 Å². The highest BCUT2D eigenvalue weighted by Gasteiger charge is 2.17. The van der Waals surface area contributed by atoms with Crippen LogP contribution in [0.4, 0.5) is 17.3 Å². The Morgan fingerprint density at radius 2 is 2.21 bits per heavy atom. The van der Waals surface area contributed by atoms with Gasteiger partial charge in [0.15, 0.2) is 0 Å².